The van der Waals surface area contributed by atoms with Crippen molar-refractivity contribution < 1.29 is 14.3 Å². The van der Waals surface area contributed by atoms with Gasteiger partial charge in [-0.3, -0.25) is 9.59 Å². The lowest BCUT2D eigenvalue weighted by atomic mass is 10.1. The molecule has 22 heavy (non-hydrogen) atoms. The van der Waals surface area contributed by atoms with E-state index in [2.05, 4.69) is 10.5 Å². The van der Waals surface area contributed by atoms with E-state index in [-0.39, 0.29) is 12.3 Å². The highest BCUT2D eigenvalue weighted by atomic mass is 16.5. The van der Waals surface area contributed by atoms with Gasteiger partial charge < -0.3 is 4.74 Å². The fourth-order valence-corrected chi connectivity index (χ4v) is 1.83. The molecule has 0 spiro atoms. The summed E-state index contributed by atoms with van der Waals surface area (Å²) in [6.45, 7) is 1.33. The first-order valence-corrected chi connectivity index (χ1v) is 6.78. The van der Waals surface area contributed by atoms with Crippen LogP contribution < -0.4 is 10.2 Å². The molecule has 0 aliphatic heterocycles. The van der Waals surface area contributed by atoms with Crippen LogP contribution in [0.4, 0.5) is 0 Å². The number of rotatable bonds is 5. The van der Waals surface area contributed by atoms with E-state index >= 15 is 0 Å². The number of amides is 1. The summed E-state index contributed by atoms with van der Waals surface area (Å²) in [6.07, 6.45) is 1.70. The average molecular weight is 296 g/mol. The van der Waals surface area contributed by atoms with E-state index in [1.165, 1.54) is 13.1 Å². The molecular weight excluding hydrogens is 280 g/mol. The van der Waals surface area contributed by atoms with Crippen LogP contribution in [0.2, 0.25) is 0 Å². The molecule has 0 fully saturated rings. The Morgan fingerprint density at radius 2 is 1.77 bits per heavy atom. The van der Waals surface area contributed by atoms with Crippen molar-refractivity contribution in [3.8, 4) is 5.75 Å². The van der Waals surface area contributed by atoms with Gasteiger partial charge in [-0.05, 0) is 17.7 Å². The number of nitrogens with zero attached hydrogens (tertiary/aromatic N) is 1. The van der Waals surface area contributed by atoms with E-state index in [1.807, 2.05) is 30.3 Å². The van der Waals surface area contributed by atoms with Gasteiger partial charge in [0.1, 0.15) is 5.75 Å². The van der Waals surface area contributed by atoms with E-state index in [9.17, 15) is 9.59 Å². The zero-order valence-corrected chi connectivity index (χ0v) is 12.2. The molecule has 112 valence electrons. The van der Waals surface area contributed by atoms with Crippen molar-refractivity contribution in [3.63, 3.8) is 0 Å². The van der Waals surface area contributed by atoms with Crippen molar-refractivity contribution in [3.05, 3.63) is 65.7 Å². The molecule has 2 aromatic rings. The summed E-state index contributed by atoms with van der Waals surface area (Å²) >= 11 is 0. The molecule has 0 bridgehead atoms. The van der Waals surface area contributed by atoms with Crippen molar-refractivity contribution >= 4 is 18.1 Å². The van der Waals surface area contributed by atoms with Crippen molar-refractivity contribution in [2.24, 2.45) is 5.10 Å². The first-order valence-electron chi connectivity index (χ1n) is 6.78. The number of esters is 1. The van der Waals surface area contributed by atoms with E-state index in [4.69, 9.17) is 4.74 Å². The molecule has 1 N–H and O–H groups in total. The average Bonchev–Trinajstić information content (AvgIpc) is 2.49. The predicted molar refractivity (Wildman–Crippen MR) is 83.6 cm³/mol. The molecule has 5 heteroatoms. The molecule has 0 aliphatic carbocycles. The fourth-order valence-electron chi connectivity index (χ4n) is 1.83. The molecule has 0 aliphatic rings. The van der Waals surface area contributed by atoms with Crippen LogP contribution in [0.5, 0.6) is 5.75 Å². The smallest absolute Gasteiger partial charge is 0.308 e. The Hall–Kier alpha value is -2.95. The summed E-state index contributed by atoms with van der Waals surface area (Å²) in [5, 5.41) is 3.89. The van der Waals surface area contributed by atoms with Gasteiger partial charge in [0.2, 0.25) is 5.91 Å². The van der Waals surface area contributed by atoms with Gasteiger partial charge >= 0.3 is 5.97 Å². The number of benzene rings is 2. The summed E-state index contributed by atoms with van der Waals surface area (Å²) in [4.78, 5) is 22.8. The van der Waals surface area contributed by atoms with Gasteiger partial charge in [-0.15, -0.1) is 0 Å². The van der Waals surface area contributed by atoms with Crippen LogP contribution >= 0.6 is 0 Å². The van der Waals surface area contributed by atoms with Crippen LogP contribution in [0, 0.1) is 0 Å². The van der Waals surface area contributed by atoms with Crippen LogP contribution in [0.1, 0.15) is 18.1 Å². The number of para-hydroxylation sites is 1. The monoisotopic (exact) mass is 296 g/mol. The standard InChI is InChI=1S/C17H16N2O3/c1-13(20)22-16-10-6-5-9-15(16)12-18-19-17(21)11-14-7-3-2-4-8-14/h2-10,12H,11H2,1H3,(H,19,21)/b18-12+. The number of carbonyl (C=O) groups is 2. The SMILES string of the molecule is CC(=O)Oc1ccccc1/C=N/NC(=O)Cc1ccccc1. The van der Waals surface area contributed by atoms with Crippen molar-refractivity contribution in [2.45, 2.75) is 13.3 Å². The van der Waals surface area contributed by atoms with E-state index in [0.29, 0.717) is 11.3 Å². The second-order valence-corrected chi connectivity index (χ2v) is 4.59. The van der Waals surface area contributed by atoms with E-state index < -0.39 is 5.97 Å². The van der Waals surface area contributed by atoms with Gasteiger partial charge in [-0.1, -0.05) is 42.5 Å². The van der Waals surface area contributed by atoms with E-state index in [0.717, 1.165) is 5.56 Å². The lowest BCUT2D eigenvalue weighted by molar-refractivity contribution is -0.131. The van der Waals surface area contributed by atoms with Gasteiger partial charge in [0, 0.05) is 12.5 Å². The summed E-state index contributed by atoms with van der Waals surface area (Å²) in [7, 11) is 0. The van der Waals surface area contributed by atoms with Crippen LogP contribution in [-0.4, -0.2) is 18.1 Å². The van der Waals surface area contributed by atoms with Gasteiger partial charge in [-0.25, -0.2) is 5.43 Å². The highest BCUT2D eigenvalue weighted by Crippen LogP contribution is 2.15. The largest absolute Gasteiger partial charge is 0.426 e. The van der Waals surface area contributed by atoms with Crippen molar-refractivity contribution in [2.75, 3.05) is 0 Å². The number of hydrogen-bond donors (Lipinski definition) is 1. The zero-order chi connectivity index (χ0) is 15.8. The highest BCUT2D eigenvalue weighted by molar-refractivity contribution is 5.86. The molecule has 0 saturated heterocycles. The Balaban J connectivity index is 1.95. The number of carbonyl (C=O) groups excluding carboxylic acids is 2. The maximum absolute atomic E-state index is 11.8. The first-order chi connectivity index (χ1) is 10.6. The molecule has 0 radical (unpaired) electrons. The maximum atomic E-state index is 11.8. The summed E-state index contributed by atoms with van der Waals surface area (Å²) < 4.78 is 5.06. The Morgan fingerprint density at radius 3 is 2.50 bits per heavy atom. The molecule has 0 aromatic heterocycles. The van der Waals surface area contributed by atoms with Crippen LogP contribution in [0.15, 0.2) is 59.7 Å². The Kier molecular flexibility index (Phi) is 5.43. The van der Waals surface area contributed by atoms with Gasteiger partial charge in [0.05, 0.1) is 12.6 Å². The summed E-state index contributed by atoms with van der Waals surface area (Å²) in [5.74, 6) is -0.225. The normalized spacial score (nSPS) is 10.4. The third-order valence-electron chi connectivity index (χ3n) is 2.77. The molecule has 5 nitrogen and oxygen atoms in total. The number of ether oxygens (including phenoxy) is 1. The minimum atomic E-state index is -0.408. The molecular formula is C17H16N2O3. The summed E-state index contributed by atoms with van der Waals surface area (Å²) in [6, 6.07) is 16.3. The first kappa shape index (κ1) is 15.4. The minimum Gasteiger partial charge on any atom is -0.426 e. The van der Waals surface area contributed by atoms with Gasteiger partial charge in [-0.2, -0.15) is 5.10 Å². The second-order valence-electron chi connectivity index (χ2n) is 4.59. The molecule has 0 atom stereocenters. The zero-order valence-electron chi connectivity index (χ0n) is 12.2. The van der Waals surface area contributed by atoms with Gasteiger partial charge in [0.15, 0.2) is 0 Å². The summed E-state index contributed by atoms with van der Waals surface area (Å²) in [5.41, 5.74) is 3.97. The third-order valence-corrected chi connectivity index (χ3v) is 2.77. The third kappa shape index (κ3) is 4.86. The number of hydrazone groups is 1. The number of hydrogen-bond acceptors (Lipinski definition) is 4. The lowest BCUT2D eigenvalue weighted by Gasteiger charge is -2.04. The molecule has 2 rings (SSSR count). The minimum absolute atomic E-state index is 0.215. The molecule has 0 saturated carbocycles. The predicted octanol–water partition coefficient (Wildman–Crippen LogP) is 2.30. The molecule has 0 heterocycles. The Bertz CT molecular complexity index is 681. The highest BCUT2D eigenvalue weighted by Gasteiger charge is 2.04. The van der Waals surface area contributed by atoms with Crippen LogP contribution in [0.25, 0.3) is 0 Å². The van der Waals surface area contributed by atoms with E-state index in [1.54, 1.807) is 24.3 Å². The van der Waals surface area contributed by atoms with Gasteiger partial charge in [0.25, 0.3) is 0 Å². The van der Waals surface area contributed by atoms with Crippen LogP contribution in [-0.2, 0) is 16.0 Å². The molecule has 0 unspecified atom stereocenters. The Labute approximate surface area is 128 Å². The van der Waals surface area contributed by atoms with Crippen molar-refractivity contribution in [1.29, 1.82) is 0 Å². The fraction of sp³-hybridized carbons (Fsp3) is 0.118. The topological polar surface area (TPSA) is 67.8 Å². The maximum Gasteiger partial charge on any atom is 0.308 e. The Morgan fingerprint density at radius 1 is 1.09 bits per heavy atom. The van der Waals surface area contributed by atoms with Crippen molar-refractivity contribution in [1.82, 2.24) is 5.43 Å². The quantitative estimate of drug-likeness (QED) is 0.398. The second kappa shape index (κ2) is 7.73. The molecule has 2 aromatic carbocycles. The number of nitrogens with one attached hydrogen (secondary N) is 1. The molecule has 1 amide bonds. The lowest BCUT2D eigenvalue weighted by Crippen LogP contribution is -2.19. The van der Waals surface area contributed by atoms with Crippen LogP contribution in [0.3, 0.4) is 0 Å².